The van der Waals surface area contributed by atoms with Crippen LogP contribution in [-0.2, 0) is 11.4 Å². The van der Waals surface area contributed by atoms with E-state index in [9.17, 15) is 4.79 Å². The summed E-state index contributed by atoms with van der Waals surface area (Å²) in [5, 5.41) is 8.72. The lowest BCUT2D eigenvalue weighted by Crippen LogP contribution is -2.04. The predicted octanol–water partition coefficient (Wildman–Crippen LogP) is 0.739. The Labute approximate surface area is 74.1 Å². The van der Waals surface area contributed by atoms with Gasteiger partial charge in [-0.3, -0.25) is 4.79 Å². The molecule has 0 radical (unpaired) electrons. The third-order valence-electron chi connectivity index (χ3n) is 1.25. The van der Waals surface area contributed by atoms with Gasteiger partial charge in [-0.1, -0.05) is 0 Å². The van der Waals surface area contributed by atoms with Crippen molar-refractivity contribution in [2.45, 2.75) is 6.61 Å². The maximum Gasteiger partial charge on any atom is 0.241 e. The van der Waals surface area contributed by atoms with E-state index in [1.165, 1.54) is 17.4 Å². The number of aliphatic hydroxyl groups is 1. The molecule has 0 fully saturated rings. The zero-order valence-corrected chi connectivity index (χ0v) is 7.17. The summed E-state index contributed by atoms with van der Waals surface area (Å²) in [5.41, 5.74) is 4.91. The first-order valence-electron chi connectivity index (χ1n) is 3.39. The third kappa shape index (κ3) is 2.48. The highest BCUT2D eigenvalue weighted by Crippen LogP contribution is 2.17. The van der Waals surface area contributed by atoms with Crippen LogP contribution >= 0.6 is 11.3 Å². The van der Waals surface area contributed by atoms with Crippen molar-refractivity contribution in [2.24, 2.45) is 5.73 Å². The van der Waals surface area contributed by atoms with Crippen molar-refractivity contribution in [1.29, 1.82) is 0 Å². The largest absolute Gasteiger partial charge is 0.391 e. The highest BCUT2D eigenvalue weighted by molar-refractivity contribution is 7.12. The van der Waals surface area contributed by atoms with Crippen molar-refractivity contribution in [1.82, 2.24) is 0 Å². The van der Waals surface area contributed by atoms with Gasteiger partial charge in [0, 0.05) is 15.8 Å². The Morgan fingerprint density at radius 3 is 2.92 bits per heavy atom. The fourth-order valence-corrected chi connectivity index (χ4v) is 1.51. The molecule has 1 rings (SSSR count). The van der Waals surface area contributed by atoms with Crippen molar-refractivity contribution < 1.29 is 9.90 Å². The van der Waals surface area contributed by atoms with E-state index >= 15 is 0 Å². The van der Waals surface area contributed by atoms with Crippen LogP contribution in [0.15, 0.2) is 18.2 Å². The summed E-state index contributed by atoms with van der Waals surface area (Å²) in [6, 6.07) is 3.64. The van der Waals surface area contributed by atoms with Crippen LogP contribution in [0.3, 0.4) is 0 Å². The maximum atomic E-state index is 10.3. The van der Waals surface area contributed by atoms with Crippen LogP contribution in [-0.4, -0.2) is 11.0 Å². The number of hydrogen-bond donors (Lipinski definition) is 2. The number of aliphatic hydroxyl groups excluding tert-OH is 1. The SMILES string of the molecule is NC(=O)C=Cc1ccc(CO)s1. The quantitative estimate of drug-likeness (QED) is 0.679. The van der Waals surface area contributed by atoms with Gasteiger partial charge < -0.3 is 10.8 Å². The Morgan fingerprint density at radius 1 is 1.67 bits per heavy atom. The summed E-state index contributed by atoms with van der Waals surface area (Å²) in [7, 11) is 0. The van der Waals surface area contributed by atoms with Gasteiger partial charge in [0.05, 0.1) is 6.61 Å². The molecule has 0 aliphatic carbocycles. The monoisotopic (exact) mass is 183 g/mol. The molecule has 12 heavy (non-hydrogen) atoms. The molecule has 0 saturated carbocycles. The molecule has 1 amide bonds. The van der Waals surface area contributed by atoms with Gasteiger partial charge in [-0.2, -0.15) is 0 Å². The second-order valence-corrected chi connectivity index (χ2v) is 3.40. The van der Waals surface area contributed by atoms with Crippen LogP contribution in [0.2, 0.25) is 0 Å². The first-order valence-corrected chi connectivity index (χ1v) is 4.21. The van der Waals surface area contributed by atoms with Gasteiger partial charge >= 0.3 is 0 Å². The molecule has 1 aromatic rings. The summed E-state index contributed by atoms with van der Waals surface area (Å²) in [6.07, 6.45) is 2.93. The molecule has 0 unspecified atom stereocenters. The highest BCUT2D eigenvalue weighted by Gasteiger charge is 1.94. The van der Waals surface area contributed by atoms with E-state index in [1.54, 1.807) is 6.08 Å². The molecular formula is C8H9NO2S. The fourth-order valence-electron chi connectivity index (χ4n) is 0.733. The lowest BCUT2D eigenvalue weighted by atomic mass is 10.4. The standard InChI is InChI=1S/C8H9NO2S/c9-8(11)4-3-6-1-2-7(5-10)12-6/h1-4,10H,5H2,(H2,9,11). The zero-order valence-electron chi connectivity index (χ0n) is 6.36. The minimum absolute atomic E-state index is 0.0368. The molecule has 0 aliphatic rings. The average Bonchev–Trinajstić information content (AvgIpc) is 2.48. The van der Waals surface area contributed by atoms with Gasteiger partial charge in [0.15, 0.2) is 0 Å². The van der Waals surface area contributed by atoms with E-state index in [1.807, 2.05) is 12.1 Å². The predicted molar refractivity (Wildman–Crippen MR) is 48.5 cm³/mol. The second-order valence-electron chi connectivity index (χ2n) is 2.20. The zero-order chi connectivity index (χ0) is 8.97. The van der Waals surface area contributed by atoms with Gasteiger partial charge in [-0.25, -0.2) is 0 Å². The normalized spacial score (nSPS) is 10.8. The van der Waals surface area contributed by atoms with E-state index in [-0.39, 0.29) is 6.61 Å². The molecule has 3 nitrogen and oxygen atoms in total. The van der Waals surface area contributed by atoms with Crippen LogP contribution < -0.4 is 5.73 Å². The van der Waals surface area contributed by atoms with E-state index in [2.05, 4.69) is 0 Å². The fraction of sp³-hybridized carbons (Fsp3) is 0.125. The van der Waals surface area contributed by atoms with Gasteiger partial charge in [-0.05, 0) is 18.2 Å². The van der Waals surface area contributed by atoms with E-state index < -0.39 is 5.91 Å². The van der Waals surface area contributed by atoms with Crippen molar-refractivity contribution in [3.05, 3.63) is 28.0 Å². The minimum atomic E-state index is -0.464. The van der Waals surface area contributed by atoms with Crippen molar-refractivity contribution in [2.75, 3.05) is 0 Å². The Morgan fingerprint density at radius 2 is 2.42 bits per heavy atom. The Bertz CT molecular complexity index is 304. The number of thiophene rings is 1. The maximum absolute atomic E-state index is 10.3. The molecule has 1 aromatic heterocycles. The number of amides is 1. The first kappa shape index (κ1) is 8.96. The molecule has 0 saturated heterocycles. The van der Waals surface area contributed by atoms with Gasteiger partial charge in [0.1, 0.15) is 0 Å². The van der Waals surface area contributed by atoms with Gasteiger partial charge in [0.2, 0.25) is 5.91 Å². The average molecular weight is 183 g/mol. The number of nitrogens with two attached hydrogens (primary N) is 1. The van der Waals surface area contributed by atoms with Gasteiger partial charge in [0.25, 0.3) is 0 Å². The van der Waals surface area contributed by atoms with Crippen LogP contribution in [0.25, 0.3) is 6.08 Å². The molecule has 0 spiro atoms. The smallest absolute Gasteiger partial charge is 0.241 e. The number of hydrogen-bond acceptors (Lipinski definition) is 3. The van der Waals surface area contributed by atoms with Crippen LogP contribution in [0.5, 0.6) is 0 Å². The summed E-state index contributed by atoms with van der Waals surface area (Å²) in [6.45, 7) is 0.0368. The van der Waals surface area contributed by atoms with E-state index in [4.69, 9.17) is 10.8 Å². The molecule has 4 heteroatoms. The van der Waals surface area contributed by atoms with Crippen LogP contribution in [0, 0.1) is 0 Å². The van der Waals surface area contributed by atoms with Gasteiger partial charge in [-0.15, -0.1) is 11.3 Å². The molecule has 0 atom stereocenters. The van der Waals surface area contributed by atoms with Crippen molar-refractivity contribution in [3.8, 4) is 0 Å². The molecule has 0 aromatic carbocycles. The van der Waals surface area contributed by atoms with Crippen LogP contribution in [0.1, 0.15) is 9.75 Å². The van der Waals surface area contributed by atoms with E-state index in [0.29, 0.717) is 0 Å². The van der Waals surface area contributed by atoms with E-state index in [0.717, 1.165) is 9.75 Å². The lowest BCUT2D eigenvalue weighted by Gasteiger charge is -1.83. The minimum Gasteiger partial charge on any atom is -0.391 e. The number of carbonyl (C=O) groups is 1. The molecule has 64 valence electrons. The Hall–Kier alpha value is -1.13. The molecule has 0 aliphatic heterocycles. The topological polar surface area (TPSA) is 63.3 Å². The molecular weight excluding hydrogens is 174 g/mol. The number of primary amides is 1. The summed E-state index contributed by atoms with van der Waals surface area (Å²) in [5.74, 6) is -0.464. The summed E-state index contributed by atoms with van der Waals surface area (Å²) in [4.78, 5) is 12.1. The number of carbonyl (C=O) groups excluding carboxylic acids is 1. The lowest BCUT2D eigenvalue weighted by molar-refractivity contribution is -0.113. The molecule has 3 N–H and O–H groups in total. The summed E-state index contributed by atoms with van der Waals surface area (Å²) >= 11 is 1.43. The first-order chi connectivity index (χ1) is 5.72. The summed E-state index contributed by atoms with van der Waals surface area (Å²) < 4.78 is 0. The Kier molecular flexibility index (Phi) is 3.01. The van der Waals surface area contributed by atoms with Crippen molar-refractivity contribution in [3.63, 3.8) is 0 Å². The Balaban J connectivity index is 2.70. The highest BCUT2D eigenvalue weighted by atomic mass is 32.1. The van der Waals surface area contributed by atoms with Crippen molar-refractivity contribution >= 4 is 23.3 Å². The van der Waals surface area contributed by atoms with Crippen LogP contribution in [0.4, 0.5) is 0 Å². The second kappa shape index (κ2) is 4.04. The third-order valence-corrected chi connectivity index (χ3v) is 2.29. The molecule has 0 bridgehead atoms. The molecule has 1 heterocycles. The number of rotatable bonds is 3.